The smallest absolute Gasteiger partial charge is 0.337 e. The standard InChI is InChI=1S/C13H14N2O3/c1-9(7-8-14)12(16)15-11-5-3-10(4-6-11)13(17)18-2/h3-6,9H,7H2,1-2H3,(H,15,16). The first-order valence-corrected chi connectivity index (χ1v) is 5.44. The molecule has 0 aliphatic carbocycles. The minimum atomic E-state index is -0.425. The molecular weight excluding hydrogens is 232 g/mol. The van der Waals surface area contributed by atoms with Crippen LogP contribution in [0.5, 0.6) is 0 Å². The number of rotatable bonds is 4. The van der Waals surface area contributed by atoms with Crippen molar-refractivity contribution >= 4 is 17.6 Å². The first-order valence-electron chi connectivity index (χ1n) is 5.44. The van der Waals surface area contributed by atoms with E-state index in [2.05, 4.69) is 10.1 Å². The van der Waals surface area contributed by atoms with Crippen molar-refractivity contribution in [1.29, 1.82) is 5.26 Å². The molecule has 0 spiro atoms. The first-order chi connectivity index (χ1) is 8.58. The van der Waals surface area contributed by atoms with E-state index in [0.29, 0.717) is 11.3 Å². The van der Waals surface area contributed by atoms with E-state index in [1.807, 2.05) is 6.07 Å². The van der Waals surface area contributed by atoms with Crippen LogP contribution in [0.2, 0.25) is 0 Å². The summed E-state index contributed by atoms with van der Waals surface area (Å²) in [6.45, 7) is 1.68. The molecule has 0 radical (unpaired) electrons. The lowest BCUT2D eigenvalue weighted by molar-refractivity contribution is -0.119. The maximum absolute atomic E-state index is 11.6. The van der Waals surface area contributed by atoms with Gasteiger partial charge in [0.15, 0.2) is 0 Å². The normalized spacial score (nSPS) is 11.2. The second kappa shape index (κ2) is 6.40. The Labute approximate surface area is 105 Å². The zero-order chi connectivity index (χ0) is 13.5. The van der Waals surface area contributed by atoms with E-state index in [1.165, 1.54) is 7.11 Å². The van der Waals surface area contributed by atoms with Crippen molar-refractivity contribution in [2.24, 2.45) is 5.92 Å². The molecule has 0 aliphatic rings. The van der Waals surface area contributed by atoms with E-state index >= 15 is 0 Å². The average Bonchev–Trinajstić information content (AvgIpc) is 2.39. The highest BCUT2D eigenvalue weighted by molar-refractivity contribution is 5.94. The molecule has 94 valence electrons. The predicted molar refractivity (Wildman–Crippen MR) is 65.8 cm³/mol. The Kier molecular flexibility index (Phi) is 4.88. The van der Waals surface area contributed by atoms with Crippen LogP contribution >= 0.6 is 0 Å². The number of amides is 1. The Morgan fingerprint density at radius 2 is 2.00 bits per heavy atom. The van der Waals surface area contributed by atoms with Gasteiger partial charge in [0.2, 0.25) is 5.91 Å². The molecule has 0 saturated heterocycles. The lowest BCUT2D eigenvalue weighted by atomic mass is 10.1. The molecule has 1 aromatic rings. The number of esters is 1. The third-order valence-corrected chi connectivity index (χ3v) is 2.42. The summed E-state index contributed by atoms with van der Waals surface area (Å²) in [5.74, 6) is -1.01. The molecule has 0 aliphatic heterocycles. The van der Waals surface area contributed by atoms with Crippen LogP contribution in [0.15, 0.2) is 24.3 Å². The van der Waals surface area contributed by atoms with E-state index in [-0.39, 0.29) is 18.2 Å². The SMILES string of the molecule is COC(=O)c1ccc(NC(=O)C(C)CC#N)cc1. The summed E-state index contributed by atoms with van der Waals surface area (Å²) in [6, 6.07) is 8.30. The fourth-order valence-corrected chi connectivity index (χ4v) is 1.30. The molecule has 5 heteroatoms. The van der Waals surface area contributed by atoms with E-state index in [0.717, 1.165) is 0 Å². The minimum absolute atomic E-state index is 0.173. The van der Waals surface area contributed by atoms with Crippen molar-refractivity contribution < 1.29 is 14.3 Å². The fourth-order valence-electron chi connectivity index (χ4n) is 1.30. The van der Waals surface area contributed by atoms with E-state index in [9.17, 15) is 9.59 Å². The zero-order valence-corrected chi connectivity index (χ0v) is 10.3. The van der Waals surface area contributed by atoms with Crippen molar-refractivity contribution in [2.45, 2.75) is 13.3 Å². The molecule has 1 unspecified atom stereocenters. The summed E-state index contributed by atoms with van der Waals surface area (Å²) >= 11 is 0. The van der Waals surface area contributed by atoms with Crippen molar-refractivity contribution in [2.75, 3.05) is 12.4 Å². The molecule has 0 aromatic heterocycles. The van der Waals surface area contributed by atoms with Gasteiger partial charge in [-0.1, -0.05) is 6.92 Å². The van der Waals surface area contributed by atoms with Crippen LogP contribution in [0.25, 0.3) is 0 Å². The number of ether oxygens (including phenoxy) is 1. The number of nitrogens with one attached hydrogen (secondary N) is 1. The van der Waals surface area contributed by atoms with E-state index in [4.69, 9.17) is 5.26 Å². The molecule has 0 bridgehead atoms. The van der Waals surface area contributed by atoms with Crippen LogP contribution in [0.4, 0.5) is 5.69 Å². The molecule has 1 aromatic carbocycles. The summed E-state index contributed by atoms with van der Waals surface area (Å²) in [7, 11) is 1.31. The Morgan fingerprint density at radius 1 is 1.39 bits per heavy atom. The van der Waals surface area contributed by atoms with Crippen LogP contribution in [-0.2, 0) is 9.53 Å². The molecule has 18 heavy (non-hydrogen) atoms. The lowest BCUT2D eigenvalue weighted by Crippen LogP contribution is -2.19. The molecule has 1 rings (SSSR count). The number of benzene rings is 1. The van der Waals surface area contributed by atoms with Crippen LogP contribution < -0.4 is 5.32 Å². The molecule has 1 N–H and O–H groups in total. The van der Waals surface area contributed by atoms with Crippen molar-refractivity contribution in [1.82, 2.24) is 0 Å². The molecule has 0 fully saturated rings. The van der Waals surface area contributed by atoms with Crippen molar-refractivity contribution in [3.05, 3.63) is 29.8 Å². The average molecular weight is 246 g/mol. The number of anilines is 1. The lowest BCUT2D eigenvalue weighted by Gasteiger charge is -2.09. The van der Waals surface area contributed by atoms with Crippen molar-refractivity contribution in [3.63, 3.8) is 0 Å². The maximum Gasteiger partial charge on any atom is 0.337 e. The van der Waals surface area contributed by atoms with Gasteiger partial charge in [0.25, 0.3) is 0 Å². The van der Waals surface area contributed by atoms with Gasteiger partial charge in [-0.25, -0.2) is 4.79 Å². The number of carbonyl (C=O) groups excluding carboxylic acids is 2. The monoisotopic (exact) mass is 246 g/mol. The maximum atomic E-state index is 11.6. The molecule has 1 amide bonds. The molecular formula is C13H14N2O3. The Hall–Kier alpha value is -2.35. The van der Waals surface area contributed by atoms with E-state index in [1.54, 1.807) is 31.2 Å². The van der Waals surface area contributed by atoms with Gasteiger partial charge in [0, 0.05) is 18.0 Å². The summed E-state index contributed by atoms with van der Waals surface area (Å²) in [5.41, 5.74) is 0.998. The molecule has 5 nitrogen and oxygen atoms in total. The number of carbonyl (C=O) groups is 2. The minimum Gasteiger partial charge on any atom is -0.465 e. The van der Waals surface area contributed by atoms with Gasteiger partial charge >= 0.3 is 5.97 Å². The van der Waals surface area contributed by atoms with Gasteiger partial charge < -0.3 is 10.1 Å². The van der Waals surface area contributed by atoms with Crippen molar-refractivity contribution in [3.8, 4) is 6.07 Å². The van der Waals surface area contributed by atoms with Gasteiger partial charge in [-0.05, 0) is 24.3 Å². The van der Waals surface area contributed by atoms with Crippen LogP contribution in [0.3, 0.4) is 0 Å². The first kappa shape index (κ1) is 13.7. The summed E-state index contributed by atoms with van der Waals surface area (Å²) in [4.78, 5) is 22.8. The number of methoxy groups -OCH3 is 1. The molecule has 0 heterocycles. The fraction of sp³-hybridized carbons (Fsp3) is 0.308. The van der Waals surface area contributed by atoms with Crippen LogP contribution in [0.1, 0.15) is 23.7 Å². The second-order valence-electron chi connectivity index (χ2n) is 3.82. The van der Waals surface area contributed by atoms with Gasteiger partial charge in [-0.15, -0.1) is 0 Å². The Morgan fingerprint density at radius 3 is 2.50 bits per heavy atom. The van der Waals surface area contributed by atoms with Gasteiger partial charge in [-0.2, -0.15) is 5.26 Å². The Balaban J connectivity index is 2.67. The summed E-state index contributed by atoms with van der Waals surface area (Å²) in [5, 5.41) is 11.2. The largest absolute Gasteiger partial charge is 0.465 e. The number of hydrogen-bond acceptors (Lipinski definition) is 4. The topological polar surface area (TPSA) is 79.2 Å². The molecule has 1 atom stereocenters. The quantitative estimate of drug-likeness (QED) is 0.823. The van der Waals surface area contributed by atoms with Gasteiger partial charge in [0.1, 0.15) is 0 Å². The highest BCUT2D eigenvalue weighted by Crippen LogP contribution is 2.12. The highest BCUT2D eigenvalue weighted by atomic mass is 16.5. The predicted octanol–water partition coefficient (Wildman–Crippen LogP) is 1.96. The Bertz CT molecular complexity index is 474. The molecule has 0 saturated carbocycles. The zero-order valence-electron chi connectivity index (χ0n) is 10.3. The second-order valence-corrected chi connectivity index (χ2v) is 3.82. The number of nitriles is 1. The summed E-state index contributed by atoms with van der Waals surface area (Å²) < 4.78 is 4.57. The van der Waals surface area contributed by atoms with E-state index < -0.39 is 5.97 Å². The third-order valence-electron chi connectivity index (χ3n) is 2.42. The van der Waals surface area contributed by atoms with Crippen LogP contribution in [0, 0.1) is 17.2 Å². The number of nitrogens with zero attached hydrogens (tertiary/aromatic N) is 1. The van der Waals surface area contributed by atoms with Gasteiger partial charge in [-0.3, -0.25) is 4.79 Å². The van der Waals surface area contributed by atoms with Crippen LogP contribution in [-0.4, -0.2) is 19.0 Å². The van der Waals surface area contributed by atoms with Gasteiger partial charge in [0.05, 0.1) is 18.7 Å². The summed E-state index contributed by atoms with van der Waals surface area (Å²) in [6.07, 6.45) is 0.173. The number of hydrogen-bond donors (Lipinski definition) is 1. The third kappa shape index (κ3) is 3.59. The highest BCUT2D eigenvalue weighted by Gasteiger charge is 2.12.